The molecule has 0 aliphatic rings. The highest BCUT2D eigenvalue weighted by atomic mass is 32.2. The van der Waals surface area contributed by atoms with Gasteiger partial charge in [-0.15, -0.1) is 0 Å². The fraction of sp³-hybridized carbons (Fsp3) is 0.636. The van der Waals surface area contributed by atoms with Gasteiger partial charge in [-0.3, -0.25) is 9.48 Å². The van der Waals surface area contributed by atoms with Gasteiger partial charge in [0.25, 0.3) is 0 Å². The van der Waals surface area contributed by atoms with Crippen molar-refractivity contribution >= 4 is 16.0 Å². The summed E-state index contributed by atoms with van der Waals surface area (Å²) in [6.45, 7) is 3.73. The van der Waals surface area contributed by atoms with E-state index in [9.17, 15) is 13.2 Å². The largest absolute Gasteiger partial charge is 0.481 e. The van der Waals surface area contributed by atoms with Gasteiger partial charge in [-0.05, 0) is 13.8 Å². The number of carboxylic acid groups (broad SMARTS) is 1. The first-order chi connectivity index (χ1) is 9.16. The Kier molecular flexibility index (Phi) is 5.26. The highest BCUT2D eigenvalue weighted by Crippen LogP contribution is 2.12. The Hall–Kier alpha value is -1.45. The first-order valence-corrected chi connectivity index (χ1v) is 7.42. The number of rotatable bonds is 8. The molecule has 0 unspecified atom stereocenters. The minimum Gasteiger partial charge on any atom is -0.481 e. The van der Waals surface area contributed by atoms with E-state index in [0.717, 1.165) is 0 Å². The van der Waals surface area contributed by atoms with Crippen LogP contribution in [-0.4, -0.2) is 48.5 Å². The molecule has 1 heterocycles. The number of sulfonamides is 1. The molecule has 0 fully saturated rings. The number of methoxy groups -OCH3 is 1. The van der Waals surface area contributed by atoms with Crippen LogP contribution in [0.15, 0.2) is 17.3 Å². The Morgan fingerprint density at radius 3 is 2.75 bits per heavy atom. The number of hydrogen-bond acceptors (Lipinski definition) is 5. The van der Waals surface area contributed by atoms with Crippen molar-refractivity contribution in [2.24, 2.45) is 0 Å². The zero-order chi connectivity index (χ0) is 15.4. The average molecular weight is 305 g/mol. The lowest BCUT2D eigenvalue weighted by Gasteiger charge is -2.24. The molecule has 0 radical (unpaired) electrons. The fourth-order valence-electron chi connectivity index (χ4n) is 1.63. The Bertz CT molecular complexity index is 564. The maximum atomic E-state index is 12.1. The number of nitrogens with zero attached hydrogens (tertiary/aromatic N) is 2. The Morgan fingerprint density at radius 2 is 2.20 bits per heavy atom. The van der Waals surface area contributed by atoms with Gasteiger partial charge >= 0.3 is 5.97 Å². The predicted molar refractivity (Wildman–Crippen MR) is 70.8 cm³/mol. The van der Waals surface area contributed by atoms with Crippen LogP contribution in [0, 0.1) is 0 Å². The fourth-order valence-corrected chi connectivity index (χ4v) is 2.98. The predicted octanol–water partition coefficient (Wildman–Crippen LogP) is 0.0611. The number of aliphatic carboxylic acids is 1. The van der Waals surface area contributed by atoms with Crippen LogP contribution in [-0.2, 0) is 26.1 Å². The topological polar surface area (TPSA) is 111 Å². The van der Waals surface area contributed by atoms with Gasteiger partial charge < -0.3 is 9.84 Å². The molecule has 2 N–H and O–H groups in total. The molecule has 1 rings (SSSR count). The molecule has 0 aliphatic heterocycles. The Morgan fingerprint density at radius 1 is 1.55 bits per heavy atom. The molecule has 0 bridgehead atoms. The van der Waals surface area contributed by atoms with Crippen LogP contribution in [0.25, 0.3) is 0 Å². The minimum absolute atomic E-state index is 0.00735. The van der Waals surface area contributed by atoms with E-state index < -0.39 is 21.5 Å². The number of nitrogens with one attached hydrogen (secondary N) is 1. The van der Waals surface area contributed by atoms with E-state index in [-0.39, 0.29) is 24.5 Å². The van der Waals surface area contributed by atoms with Crippen LogP contribution in [0.3, 0.4) is 0 Å². The summed E-state index contributed by atoms with van der Waals surface area (Å²) in [6, 6.07) is 0. The number of hydrogen-bond donors (Lipinski definition) is 2. The third-order valence-corrected chi connectivity index (χ3v) is 4.04. The smallest absolute Gasteiger partial charge is 0.305 e. The van der Waals surface area contributed by atoms with Crippen molar-refractivity contribution in [1.29, 1.82) is 0 Å². The number of aromatic nitrogens is 2. The van der Waals surface area contributed by atoms with Crippen LogP contribution < -0.4 is 4.72 Å². The molecular formula is C11H19N3O5S. The third kappa shape index (κ3) is 4.91. The molecule has 0 aromatic carbocycles. The van der Waals surface area contributed by atoms with Crippen LogP contribution in [0.2, 0.25) is 0 Å². The summed E-state index contributed by atoms with van der Waals surface area (Å²) in [6.07, 6.45) is 2.37. The molecule has 9 heteroatoms. The molecule has 0 saturated carbocycles. The van der Waals surface area contributed by atoms with Gasteiger partial charge in [-0.1, -0.05) is 0 Å². The highest BCUT2D eigenvalue weighted by molar-refractivity contribution is 7.89. The van der Waals surface area contributed by atoms with Crippen LogP contribution in [0.4, 0.5) is 0 Å². The van der Waals surface area contributed by atoms with Gasteiger partial charge in [0.2, 0.25) is 10.0 Å². The van der Waals surface area contributed by atoms with Crippen molar-refractivity contribution in [3.05, 3.63) is 12.4 Å². The molecule has 0 aliphatic carbocycles. The van der Waals surface area contributed by atoms with Gasteiger partial charge in [-0.2, -0.15) is 5.10 Å². The zero-order valence-electron chi connectivity index (χ0n) is 11.7. The van der Waals surface area contributed by atoms with E-state index in [2.05, 4.69) is 9.82 Å². The van der Waals surface area contributed by atoms with E-state index in [0.29, 0.717) is 0 Å². The maximum absolute atomic E-state index is 12.1. The van der Waals surface area contributed by atoms with E-state index >= 15 is 0 Å². The standard InChI is InChI=1S/C11H19N3O5S/c1-11(2,8-19-3)13-20(17,18)9-6-12-14(7-9)5-4-10(15)16/h6-7,13H,4-5,8H2,1-3H3,(H,15,16). The van der Waals surface area contributed by atoms with Gasteiger partial charge in [-0.25, -0.2) is 13.1 Å². The lowest BCUT2D eigenvalue weighted by atomic mass is 10.1. The second-order valence-corrected chi connectivity index (χ2v) is 6.69. The summed E-state index contributed by atoms with van der Waals surface area (Å²) in [7, 11) is -2.23. The van der Waals surface area contributed by atoms with Crippen LogP contribution >= 0.6 is 0 Å². The van der Waals surface area contributed by atoms with Gasteiger partial charge in [0.15, 0.2) is 0 Å². The number of carbonyl (C=O) groups is 1. The van der Waals surface area contributed by atoms with E-state index in [1.165, 1.54) is 24.2 Å². The van der Waals surface area contributed by atoms with Crippen molar-refractivity contribution < 1.29 is 23.1 Å². The summed E-state index contributed by atoms with van der Waals surface area (Å²) >= 11 is 0. The lowest BCUT2D eigenvalue weighted by molar-refractivity contribution is -0.137. The maximum Gasteiger partial charge on any atom is 0.305 e. The first-order valence-electron chi connectivity index (χ1n) is 5.93. The monoisotopic (exact) mass is 305 g/mol. The van der Waals surface area contributed by atoms with Crippen molar-refractivity contribution in [1.82, 2.24) is 14.5 Å². The average Bonchev–Trinajstić information content (AvgIpc) is 2.73. The van der Waals surface area contributed by atoms with Gasteiger partial charge in [0.05, 0.1) is 31.3 Å². The number of carboxylic acids is 1. The van der Waals surface area contributed by atoms with Crippen molar-refractivity contribution in [2.45, 2.75) is 37.2 Å². The minimum atomic E-state index is -3.72. The van der Waals surface area contributed by atoms with E-state index in [1.54, 1.807) is 13.8 Å². The van der Waals surface area contributed by atoms with E-state index in [1.807, 2.05) is 0 Å². The summed E-state index contributed by atoms with van der Waals surface area (Å²) in [5.41, 5.74) is -0.753. The number of ether oxygens (including phenoxy) is 1. The van der Waals surface area contributed by atoms with Gasteiger partial charge in [0.1, 0.15) is 4.90 Å². The second-order valence-electron chi connectivity index (χ2n) is 5.01. The molecule has 1 aromatic heterocycles. The number of aryl methyl sites for hydroxylation is 1. The summed E-state index contributed by atoms with van der Waals surface area (Å²) in [5.74, 6) is -0.968. The van der Waals surface area contributed by atoms with Crippen molar-refractivity contribution in [3.8, 4) is 0 Å². The second kappa shape index (κ2) is 6.33. The Labute approximate surface area is 117 Å². The first kappa shape index (κ1) is 16.6. The molecule has 0 saturated heterocycles. The molecule has 20 heavy (non-hydrogen) atoms. The highest BCUT2D eigenvalue weighted by Gasteiger charge is 2.27. The Balaban J connectivity index is 2.80. The van der Waals surface area contributed by atoms with Gasteiger partial charge in [0, 0.05) is 13.3 Å². The van der Waals surface area contributed by atoms with E-state index in [4.69, 9.17) is 9.84 Å². The summed E-state index contributed by atoms with van der Waals surface area (Å²) in [5, 5.41) is 12.4. The van der Waals surface area contributed by atoms with Crippen LogP contribution in [0.1, 0.15) is 20.3 Å². The van der Waals surface area contributed by atoms with Crippen molar-refractivity contribution in [2.75, 3.05) is 13.7 Å². The summed E-state index contributed by atoms with van der Waals surface area (Å²) < 4.78 is 33.0. The SMILES string of the molecule is COCC(C)(C)NS(=O)(=O)c1cnn(CCC(=O)O)c1. The third-order valence-electron chi connectivity index (χ3n) is 2.39. The molecule has 114 valence electrons. The molecule has 8 nitrogen and oxygen atoms in total. The summed E-state index contributed by atoms with van der Waals surface area (Å²) in [4.78, 5) is 10.4. The zero-order valence-corrected chi connectivity index (χ0v) is 12.5. The normalized spacial score (nSPS) is 12.6. The molecule has 0 atom stereocenters. The molecule has 0 spiro atoms. The van der Waals surface area contributed by atoms with Crippen molar-refractivity contribution in [3.63, 3.8) is 0 Å². The van der Waals surface area contributed by atoms with Crippen LogP contribution in [0.5, 0.6) is 0 Å². The molecule has 0 amide bonds. The molecule has 1 aromatic rings. The quantitative estimate of drug-likeness (QED) is 0.702. The molecular weight excluding hydrogens is 286 g/mol. The lowest BCUT2D eigenvalue weighted by Crippen LogP contribution is -2.46.